The highest BCUT2D eigenvalue weighted by molar-refractivity contribution is 5.99. The van der Waals surface area contributed by atoms with Crippen LogP contribution >= 0.6 is 0 Å². The lowest BCUT2D eigenvalue weighted by atomic mass is 10.1. The Hall–Kier alpha value is -3.41. The Morgan fingerprint density at radius 1 is 1.08 bits per heavy atom. The number of para-hydroxylation sites is 1. The van der Waals surface area contributed by atoms with E-state index in [1.165, 1.54) is 0 Å². The van der Waals surface area contributed by atoms with Crippen LogP contribution in [0.25, 0.3) is 11.3 Å². The molecule has 3 N–H and O–H groups in total. The molecule has 0 saturated heterocycles. The van der Waals surface area contributed by atoms with Gasteiger partial charge in [0.2, 0.25) is 11.9 Å². The van der Waals surface area contributed by atoms with Crippen molar-refractivity contribution >= 4 is 23.2 Å². The highest BCUT2D eigenvalue weighted by Gasteiger charge is 2.20. The molecule has 0 saturated carbocycles. The maximum absolute atomic E-state index is 12.0. The van der Waals surface area contributed by atoms with Gasteiger partial charge in [-0.3, -0.25) is 4.79 Å². The van der Waals surface area contributed by atoms with Crippen molar-refractivity contribution in [3.05, 3.63) is 60.3 Å². The van der Waals surface area contributed by atoms with E-state index in [1.54, 1.807) is 30.5 Å². The molecule has 0 unspecified atom stereocenters. The van der Waals surface area contributed by atoms with Crippen LogP contribution in [0.3, 0.4) is 0 Å². The van der Waals surface area contributed by atoms with E-state index in [2.05, 4.69) is 20.6 Å². The Kier molecular flexibility index (Phi) is 3.35. The molecule has 0 fully saturated rings. The highest BCUT2D eigenvalue weighted by Crippen LogP contribution is 2.32. The zero-order chi connectivity index (χ0) is 16.5. The van der Waals surface area contributed by atoms with E-state index in [-0.39, 0.29) is 18.1 Å². The summed E-state index contributed by atoms with van der Waals surface area (Å²) >= 11 is 0. The third kappa shape index (κ3) is 2.65. The molecule has 0 aliphatic carbocycles. The molecule has 6 heteroatoms. The van der Waals surface area contributed by atoms with Crippen LogP contribution < -0.4 is 10.6 Å². The van der Waals surface area contributed by atoms with E-state index < -0.39 is 0 Å². The maximum atomic E-state index is 12.0. The lowest BCUT2D eigenvalue weighted by molar-refractivity contribution is -0.115. The van der Waals surface area contributed by atoms with Gasteiger partial charge in [0.15, 0.2) is 0 Å². The number of rotatable bonds is 2. The lowest BCUT2D eigenvalue weighted by Gasteiger charge is -2.10. The molecule has 1 aromatic heterocycles. The van der Waals surface area contributed by atoms with Gasteiger partial charge in [-0.25, -0.2) is 9.97 Å². The van der Waals surface area contributed by atoms with Gasteiger partial charge in [0.25, 0.3) is 0 Å². The number of amides is 1. The number of fused-ring (bicyclic) bond motifs is 3. The average Bonchev–Trinajstić information content (AvgIpc) is 2.72. The summed E-state index contributed by atoms with van der Waals surface area (Å²) in [5.41, 5.74) is 3.91. The van der Waals surface area contributed by atoms with Crippen molar-refractivity contribution in [2.24, 2.45) is 0 Å². The molecule has 0 spiro atoms. The van der Waals surface area contributed by atoms with Gasteiger partial charge < -0.3 is 15.7 Å². The summed E-state index contributed by atoms with van der Waals surface area (Å²) < 4.78 is 0. The van der Waals surface area contributed by atoms with Gasteiger partial charge in [-0.15, -0.1) is 0 Å². The van der Waals surface area contributed by atoms with E-state index in [0.717, 1.165) is 28.2 Å². The maximum Gasteiger partial charge on any atom is 0.228 e. The second-order valence-electron chi connectivity index (χ2n) is 5.51. The van der Waals surface area contributed by atoms with Crippen LogP contribution in [-0.4, -0.2) is 21.0 Å². The van der Waals surface area contributed by atoms with Gasteiger partial charge in [0.1, 0.15) is 5.75 Å². The molecule has 0 bridgehead atoms. The van der Waals surface area contributed by atoms with Gasteiger partial charge in [-0.2, -0.15) is 0 Å². The van der Waals surface area contributed by atoms with Crippen LogP contribution in [0.1, 0.15) is 5.56 Å². The Balaban J connectivity index is 1.76. The first-order valence-electron chi connectivity index (χ1n) is 7.50. The quantitative estimate of drug-likeness (QED) is 0.632. The molecule has 118 valence electrons. The number of phenolic OH excluding ortho intramolecular Hbond substituents is 1. The number of carbonyl (C=O) groups is 1. The van der Waals surface area contributed by atoms with Crippen LogP contribution in [0.5, 0.6) is 5.75 Å². The first-order valence-corrected chi connectivity index (χ1v) is 7.50. The minimum atomic E-state index is -0.0796. The van der Waals surface area contributed by atoms with Crippen molar-refractivity contribution < 1.29 is 9.90 Å². The fraction of sp³-hybridized carbons (Fsp3) is 0.0556. The number of hydrogen-bond acceptors (Lipinski definition) is 5. The molecule has 2 aromatic carbocycles. The van der Waals surface area contributed by atoms with Crippen molar-refractivity contribution in [2.45, 2.75) is 6.42 Å². The van der Waals surface area contributed by atoms with Crippen LogP contribution in [-0.2, 0) is 11.2 Å². The van der Waals surface area contributed by atoms with E-state index >= 15 is 0 Å². The summed E-state index contributed by atoms with van der Waals surface area (Å²) in [6.45, 7) is 0. The molecular formula is C18H14N4O2. The molecule has 4 rings (SSSR count). The van der Waals surface area contributed by atoms with E-state index in [1.807, 2.05) is 24.3 Å². The van der Waals surface area contributed by atoms with Gasteiger partial charge >= 0.3 is 0 Å². The van der Waals surface area contributed by atoms with Gasteiger partial charge in [0.05, 0.1) is 17.8 Å². The average molecular weight is 318 g/mol. The van der Waals surface area contributed by atoms with Gasteiger partial charge in [-0.05, 0) is 30.3 Å². The smallest absolute Gasteiger partial charge is 0.228 e. The normalized spacial score (nSPS) is 12.6. The molecule has 1 amide bonds. The molecule has 2 heterocycles. The van der Waals surface area contributed by atoms with Crippen LogP contribution in [0.4, 0.5) is 17.3 Å². The topological polar surface area (TPSA) is 87.1 Å². The number of carbonyl (C=O) groups excluding carboxylic acids is 1. The minimum absolute atomic E-state index is 0.0796. The second kappa shape index (κ2) is 5.66. The van der Waals surface area contributed by atoms with Crippen LogP contribution in [0.2, 0.25) is 0 Å². The Morgan fingerprint density at radius 2 is 1.88 bits per heavy atom. The van der Waals surface area contributed by atoms with Crippen molar-refractivity contribution in [1.82, 2.24) is 9.97 Å². The monoisotopic (exact) mass is 318 g/mol. The number of anilines is 3. The number of hydrogen-bond donors (Lipinski definition) is 3. The van der Waals surface area contributed by atoms with Crippen molar-refractivity contribution in [1.29, 1.82) is 0 Å². The summed E-state index contributed by atoms with van der Waals surface area (Å²) in [5, 5.41) is 15.3. The third-order valence-corrected chi connectivity index (χ3v) is 3.80. The molecule has 0 atom stereocenters. The molecule has 3 aromatic rings. The number of nitrogens with zero attached hydrogens (tertiary/aromatic N) is 2. The lowest BCUT2D eigenvalue weighted by Crippen LogP contribution is -2.12. The summed E-state index contributed by atoms with van der Waals surface area (Å²) in [6.07, 6.45) is 1.91. The van der Waals surface area contributed by atoms with Crippen molar-refractivity contribution in [3.8, 4) is 17.0 Å². The van der Waals surface area contributed by atoms with Crippen molar-refractivity contribution in [3.63, 3.8) is 0 Å². The fourth-order valence-electron chi connectivity index (χ4n) is 2.67. The number of phenols is 1. The first kappa shape index (κ1) is 14.2. The van der Waals surface area contributed by atoms with Crippen LogP contribution in [0.15, 0.2) is 54.7 Å². The molecule has 24 heavy (non-hydrogen) atoms. The Morgan fingerprint density at radius 3 is 2.71 bits per heavy atom. The molecular weight excluding hydrogens is 304 g/mol. The molecule has 1 aliphatic heterocycles. The van der Waals surface area contributed by atoms with E-state index in [0.29, 0.717) is 5.95 Å². The minimum Gasteiger partial charge on any atom is -0.508 e. The second-order valence-corrected chi connectivity index (χ2v) is 5.51. The van der Waals surface area contributed by atoms with E-state index in [9.17, 15) is 9.90 Å². The summed E-state index contributed by atoms with van der Waals surface area (Å²) in [7, 11) is 0. The fourth-order valence-corrected chi connectivity index (χ4v) is 2.67. The zero-order valence-corrected chi connectivity index (χ0v) is 12.7. The predicted molar refractivity (Wildman–Crippen MR) is 91.2 cm³/mol. The summed E-state index contributed by atoms with van der Waals surface area (Å²) in [6, 6.07) is 14.2. The predicted octanol–water partition coefficient (Wildman–Crippen LogP) is 3.09. The zero-order valence-electron chi connectivity index (χ0n) is 12.7. The van der Waals surface area contributed by atoms with Gasteiger partial charge in [-0.1, -0.05) is 18.2 Å². The molecule has 1 aliphatic rings. The third-order valence-electron chi connectivity index (χ3n) is 3.80. The van der Waals surface area contributed by atoms with Crippen LogP contribution in [0, 0.1) is 0 Å². The number of benzene rings is 2. The summed E-state index contributed by atoms with van der Waals surface area (Å²) in [5.74, 6) is 0.551. The Bertz CT molecular complexity index is 923. The molecule has 0 radical (unpaired) electrons. The molecule has 6 nitrogen and oxygen atoms in total. The van der Waals surface area contributed by atoms with Crippen molar-refractivity contribution in [2.75, 3.05) is 10.6 Å². The highest BCUT2D eigenvalue weighted by atomic mass is 16.3. The Labute approximate surface area is 138 Å². The van der Waals surface area contributed by atoms with Gasteiger partial charge in [0, 0.05) is 23.0 Å². The summed E-state index contributed by atoms with van der Waals surface area (Å²) in [4.78, 5) is 20.9. The number of aromatic hydroxyl groups is 1. The SMILES string of the molecule is O=C1Cc2cnc(Nc3ccc(O)cc3)nc2-c2ccccc2N1. The largest absolute Gasteiger partial charge is 0.508 e. The standard InChI is InChI=1S/C18H14N4O2/c23-13-7-5-12(6-8-13)20-18-19-10-11-9-16(24)21-15-4-2-1-3-14(15)17(11)22-18/h1-8,10,23H,9H2,(H,21,24)(H,19,20,22). The first-order chi connectivity index (χ1) is 11.7. The number of nitrogens with one attached hydrogen (secondary N) is 2. The number of aromatic nitrogens is 2. The van der Waals surface area contributed by atoms with E-state index in [4.69, 9.17) is 0 Å².